The Morgan fingerprint density at radius 2 is 1.91 bits per heavy atom. The molecule has 3 rings (SSSR count). The van der Waals surface area contributed by atoms with Crippen LogP contribution in [0.3, 0.4) is 0 Å². The van der Waals surface area contributed by atoms with Gasteiger partial charge in [0.2, 0.25) is 0 Å². The second kappa shape index (κ2) is 5.85. The molecule has 1 aromatic heterocycles. The number of rotatable bonds is 3. The number of nitrogens with one attached hydrogen (secondary N) is 2. The van der Waals surface area contributed by atoms with E-state index in [1.54, 1.807) is 6.92 Å². The molecule has 0 aliphatic rings. The van der Waals surface area contributed by atoms with E-state index in [-0.39, 0.29) is 5.56 Å². The summed E-state index contributed by atoms with van der Waals surface area (Å²) >= 11 is 3.48. The summed E-state index contributed by atoms with van der Waals surface area (Å²) in [6, 6.07) is 15.0. The first kappa shape index (κ1) is 14.7. The highest BCUT2D eigenvalue weighted by molar-refractivity contribution is 9.10. The van der Waals surface area contributed by atoms with Gasteiger partial charge in [0.05, 0.1) is 11.6 Å². The largest absolute Gasteiger partial charge is 0.322 e. The fourth-order valence-corrected chi connectivity index (χ4v) is 3.02. The molecular formula is C17H14BrN3O. The predicted molar refractivity (Wildman–Crippen MR) is 91.3 cm³/mol. The third kappa shape index (κ3) is 2.48. The number of aromatic amines is 1. The third-order valence-electron chi connectivity index (χ3n) is 3.69. The molecule has 5 heteroatoms. The van der Waals surface area contributed by atoms with Crippen LogP contribution in [0.4, 0.5) is 0 Å². The molecule has 2 N–H and O–H groups in total. The van der Waals surface area contributed by atoms with Crippen LogP contribution in [-0.2, 0) is 0 Å². The summed E-state index contributed by atoms with van der Waals surface area (Å²) in [6.45, 7) is 1.76. The Morgan fingerprint density at radius 3 is 2.59 bits per heavy atom. The number of nitrogens with zero attached hydrogens (tertiary/aromatic N) is 1. The number of aromatic nitrogens is 1. The fraction of sp³-hybridized carbons (Fsp3) is 0.118. The van der Waals surface area contributed by atoms with Crippen LogP contribution in [0.2, 0.25) is 0 Å². The van der Waals surface area contributed by atoms with Crippen molar-refractivity contribution in [3.05, 3.63) is 68.9 Å². The minimum absolute atomic E-state index is 0.197. The van der Waals surface area contributed by atoms with Crippen molar-refractivity contribution in [2.24, 2.45) is 5.11 Å². The van der Waals surface area contributed by atoms with Crippen molar-refractivity contribution in [1.82, 2.24) is 4.98 Å². The van der Waals surface area contributed by atoms with Crippen LogP contribution in [0.5, 0.6) is 0 Å². The Labute approximate surface area is 135 Å². The summed E-state index contributed by atoms with van der Waals surface area (Å²) in [6.07, 6.45) is 0. The molecule has 0 bridgehead atoms. The molecule has 0 aliphatic heterocycles. The van der Waals surface area contributed by atoms with Crippen molar-refractivity contribution < 1.29 is 0 Å². The number of pyridine rings is 1. The lowest BCUT2D eigenvalue weighted by molar-refractivity contribution is 0.727. The molecule has 0 fully saturated rings. The zero-order valence-corrected chi connectivity index (χ0v) is 13.5. The molecule has 0 radical (unpaired) electrons. The molecule has 1 heterocycles. The number of H-pyrrole nitrogens is 1. The zero-order chi connectivity index (χ0) is 15.7. The number of fused-ring (bicyclic) bond motifs is 1. The van der Waals surface area contributed by atoms with E-state index < -0.39 is 6.04 Å². The maximum atomic E-state index is 12.5. The molecule has 0 spiro atoms. The molecule has 3 aromatic rings. The second-order valence-electron chi connectivity index (χ2n) is 5.10. The summed E-state index contributed by atoms with van der Waals surface area (Å²) in [5.74, 6) is 0. The van der Waals surface area contributed by atoms with Crippen molar-refractivity contribution >= 4 is 26.8 Å². The number of benzene rings is 2. The normalized spacial score (nSPS) is 12.3. The van der Waals surface area contributed by atoms with Crippen LogP contribution in [0, 0.1) is 5.53 Å². The Bertz CT molecular complexity index is 903. The summed E-state index contributed by atoms with van der Waals surface area (Å²) < 4.78 is 0.936. The lowest BCUT2D eigenvalue weighted by Crippen LogP contribution is -2.16. The van der Waals surface area contributed by atoms with Crippen LogP contribution in [0.15, 0.2) is 62.9 Å². The molecule has 0 amide bonds. The molecule has 110 valence electrons. The van der Waals surface area contributed by atoms with Gasteiger partial charge in [-0.05, 0) is 30.7 Å². The van der Waals surface area contributed by atoms with Gasteiger partial charge in [-0.1, -0.05) is 46.3 Å². The standard InChI is InChI=1S/C17H14BrN3O/c1-10(21-19)15-16(11-5-3-2-4-6-11)13-9-12(18)7-8-14(13)20-17(15)22/h2-10,19H,1H3,(H,20,22). The van der Waals surface area contributed by atoms with E-state index in [1.165, 1.54) is 0 Å². The Hall–Kier alpha value is -2.27. The van der Waals surface area contributed by atoms with Crippen LogP contribution >= 0.6 is 15.9 Å². The fourth-order valence-electron chi connectivity index (χ4n) is 2.66. The van der Waals surface area contributed by atoms with Gasteiger partial charge in [0.1, 0.15) is 0 Å². The zero-order valence-electron chi connectivity index (χ0n) is 11.9. The molecule has 1 unspecified atom stereocenters. The van der Waals surface area contributed by atoms with Crippen LogP contribution in [0.1, 0.15) is 18.5 Å². The molecule has 0 aliphatic carbocycles. The smallest absolute Gasteiger partial charge is 0.254 e. The number of hydrogen-bond donors (Lipinski definition) is 2. The van der Waals surface area contributed by atoms with Gasteiger partial charge < -0.3 is 4.98 Å². The first-order valence-electron chi connectivity index (χ1n) is 6.89. The maximum Gasteiger partial charge on any atom is 0.254 e. The molecule has 1 atom stereocenters. The van der Waals surface area contributed by atoms with Crippen molar-refractivity contribution in [3.63, 3.8) is 0 Å². The van der Waals surface area contributed by atoms with Crippen LogP contribution < -0.4 is 5.56 Å². The average molecular weight is 356 g/mol. The Balaban J connectivity index is 2.50. The average Bonchev–Trinajstić information content (AvgIpc) is 2.54. The molecule has 22 heavy (non-hydrogen) atoms. The van der Waals surface area contributed by atoms with Gasteiger partial charge in [-0.25, -0.2) is 5.53 Å². The molecule has 2 aromatic carbocycles. The van der Waals surface area contributed by atoms with Gasteiger partial charge in [-0.3, -0.25) is 4.79 Å². The van der Waals surface area contributed by atoms with Crippen molar-refractivity contribution in [1.29, 1.82) is 5.53 Å². The van der Waals surface area contributed by atoms with Crippen LogP contribution in [0.25, 0.3) is 22.0 Å². The van der Waals surface area contributed by atoms with Gasteiger partial charge in [-0.15, -0.1) is 0 Å². The van der Waals surface area contributed by atoms with E-state index in [0.29, 0.717) is 5.56 Å². The van der Waals surface area contributed by atoms with E-state index in [2.05, 4.69) is 26.0 Å². The topological polar surface area (TPSA) is 69.1 Å². The molecular weight excluding hydrogens is 342 g/mol. The van der Waals surface area contributed by atoms with Gasteiger partial charge in [-0.2, -0.15) is 5.11 Å². The van der Waals surface area contributed by atoms with Crippen LogP contribution in [-0.4, -0.2) is 4.98 Å². The number of halogens is 1. The summed E-state index contributed by atoms with van der Waals surface area (Å²) in [5, 5.41) is 4.49. The van der Waals surface area contributed by atoms with Gasteiger partial charge in [0, 0.05) is 20.9 Å². The number of hydrogen-bond acceptors (Lipinski definition) is 3. The monoisotopic (exact) mass is 355 g/mol. The predicted octanol–water partition coefficient (Wildman–Crippen LogP) is 5.05. The molecule has 0 saturated carbocycles. The summed E-state index contributed by atoms with van der Waals surface area (Å²) in [5.41, 5.74) is 10.2. The van der Waals surface area contributed by atoms with Gasteiger partial charge in [0.15, 0.2) is 0 Å². The summed E-state index contributed by atoms with van der Waals surface area (Å²) in [4.78, 5) is 15.4. The maximum absolute atomic E-state index is 12.5. The Kier molecular flexibility index (Phi) is 3.90. The molecule has 0 saturated heterocycles. The molecule has 4 nitrogen and oxygen atoms in total. The lowest BCUT2D eigenvalue weighted by atomic mass is 9.93. The van der Waals surface area contributed by atoms with E-state index in [4.69, 9.17) is 5.53 Å². The van der Waals surface area contributed by atoms with Gasteiger partial charge in [0.25, 0.3) is 5.56 Å². The minimum Gasteiger partial charge on any atom is -0.322 e. The first-order valence-corrected chi connectivity index (χ1v) is 7.68. The highest BCUT2D eigenvalue weighted by atomic mass is 79.9. The van der Waals surface area contributed by atoms with E-state index in [0.717, 1.165) is 26.5 Å². The van der Waals surface area contributed by atoms with E-state index in [9.17, 15) is 4.79 Å². The summed E-state index contributed by atoms with van der Waals surface area (Å²) in [7, 11) is 0. The highest BCUT2D eigenvalue weighted by Crippen LogP contribution is 2.34. The minimum atomic E-state index is -0.498. The van der Waals surface area contributed by atoms with Gasteiger partial charge >= 0.3 is 0 Å². The van der Waals surface area contributed by atoms with Crippen molar-refractivity contribution in [2.75, 3.05) is 0 Å². The first-order chi connectivity index (χ1) is 10.6. The third-order valence-corrected chi connectivity index (χ3v) is 4.18. The lowest BCUT2D eigenvalue weighted by Gasteiger charge is -2.15. The van der Waals surface area contributed by atoms with Crippen molar-refractivity contribution in [3.8, 4) is 11.1 Å². The second-order valence-corrected chi connectivity index (χ2v) is 6.02. The SMILES string of the molecule is CC(N=N)c1c(-c2ccccc2)c2cc(Br)ccc2[nH]c1=O. The Morgan fingerprint density at radius 1 is 1.18 bits per heavy atom. The highest BCUT2D eigenvalue weighted by Gasteiger charge is 2.19. The van der Waals surface area contributed by atoms with E-state index in [1.807, 2.05) is 48.5 Å². The van der Waals surface area contributed by atoms with Crippen molar-refractivity contribution in [2.45, 2.75) is 13.0 Å². The van der Waals surface area contributed by atoms with E-state index >= 15 is 0 Å². The quantitative estimate of drug-likeness (QED) is 0.634.